The predicted molar refractivity (Wildman–Crippen MR) is 127 cm³/mol. The Morgan fingerprint density at radius 1 is 1.03 bits per heavy atom. The Morgan fingerprint density at radius 3 is 2.42 bits per heavy atom. The molecule has 160 valence electrons. The first-order valence-electron chi connectivity index (χ1n) is 9.30. The van der Waals surface area contributed by atoms with Gasteiger partial charge in [-0.2, -0.15) is 0 Å². The molecule has 0 heterocycles. The van der Waals surface area contributed by atoms with Gasteiger partial charge < -0.3 is 5.32 Å². The average molecular weight is 475 g/mol. The van der Waals surface area contributed by atoms with Gasteiger partial charge in [-0.3, -0.25) is 9.10 Å². The van der Waals surface area contributed by atoms with Crippen molar-refractivity contribution >= 4 is 50.5 Å². The Kier molecular flexibility index (Phi) is 7.05. The number of halogens is 2. The first-order valence-corrected chi connectivity index (χ1v) is 11.5. The molecule has 8 heteroatoms. The highest BCUT2D eigenvalue weighted by atomic mass is 35.5. The van der Waals surface area contributed by atoms with E-state index in [9.17, 15) is 13.2 Å². The van der Waals surface area contributed by atoms with Gasteiger partial charge in [-0.25, -0.2) is 8.42 Å². The summed E-state index contributed by atoms with van der Waals surface area (Å²) in [6.07, 6.45) is 1.50. The van der Waals surface area contributed by atoms with Crippen LogP contribution >= 0.6 is 23.2 Å². The number of amides is 1. The van der Waals surface area contributed by atoms with Crippen LogP contribution in [0.1, 0.15) is 15.9 Å². The third kappa shape index (κ3) is 4.93. The molecule has 1 N–H and O–H groups in total. The Bertz CT molecular complexity index is 1230. The van der Waals surface area contributed by atoms with Gasteiger partial charge in [-0.15, -0.1) is 6.58 Å². The lowest BCUT2D eigenvalue weighted by Gasteiger charge is -2.23. The van der Waals surface area contributed by atoms with Crippen molar-refractivity contribution in [3.63, 3.8) is 0 Å². The van der Waals surface area contributed by atoms with Gasteiger partial charge in [0.15, 0.2) is 0 Å². The van der Waals surface area contributed by atoms with Crippen LogP contribution in [0.2, 0.25) is 10.0 Å². The number of sulfonamides is 1. The van der Waals surface area contributed by atoms with Gasteiger partial charge in [-0.1, -0.05) is 53.5 Å². The van der Waals surface area contributed by atoms with E-state index >= 15 is 0 Å². The topological polar surface area (TPSA) is 66.5 Å². The lowest BCUT2D eigenvalue weighted by Crippen LogP contribution is -2.31. The second kappa shape index (κ2) is 9.56. The first-order chi connectivity index (χ1) is 14.8. The summed E-state index contributed by atoms with van der Waals surface area (Å²) in [5.41, 5.74) is 1.73. The van der Waals surface area contributed by atoms with Crippen molar-refractivity contribution in [3.05, 3.63) is 101 Å². The van der Waals surface area contributed by atoms with E-state index in [4.69, 9.17) is 23.2 Å². The zero-order valence-corrected chi connectivity index (χ0v) is 19.0. The normalized spacial score (nSPS) is 11.1. The molecule has 0 saturated carbocycles. The number of hydrogen-bond donors (Lipinski definition) is 1. The van der Waals surface area contributed by atoms with Crippen molar-refractivity contribution in [2.45, 2.75) is 11.8 Å². The van der Waals surface area contributed by atoms with Gasteiger partial charge >= 0.3 is 0 Å². The summed E-state index contributed by atoms with van der Waals surface area (Å²) in [6.45, 7) is 5.49. The highest BCUT2D eigenvalue weighted by Crippen LogP contribution is 2.28. The summed E-state index contributed by atoms with van der Waals surface area (Å²) >= 11 is 12.3. The summed E-state index contributed by atoms with van der Waals surface area (Å²) in [5.74, 6) is -0.539. The van der Waals surface area contributed by atoms with E-state index in [1.165, 1.54) is 28.6 Å². The fourth-order valence-electron chi connectivity index (χ4n) is 2.95. The molecule has 0 fully saturated rings. The second-order valence-electron chi connectivity index (χ2n) is 6.67. The first kappa shape index (κ1) is 22.9. The molecule has 5 nitrogen and oxygen atoms in total. The molecule has 3 rings (SSSR count). The highest BCUT2D eigenvalue weighted by Gasteiger charge is 2.26. The SMILES string of the molecule is C=CCN(c1ccccc1)S(=O)(=O)c1ccc(Cl)c(C(=O)Nc2cccc(Cl)c2C)c1. The fourth-order valence-corrected chi connectivity index (χ4v) is 4.79. The van der Waals surface area contributed by atoms with Gasteiger partial charge in [0.2, 0.25) is 0 Å². The number of anilines is 2. The van der Waals surface area contributed by atoms with Gasteiger partial charge in [0.05, 0.1) is 27.7 Å². The number of carbonyl (C=O) groups is 1. The summed E-state index contributed by atoms with van der Waals surface area (Å²) in [7, 11) is -3.97. The number of nitrogens with zero attached hydrogens (tertiary/aromatic N) is 1. The molecule has 0 aliphatic carbocycles. The van der Waals surface area contributed by atoms with Gasteiger partial charge in [0.25, 0.3) is 15.9 Å². The zero-order chi connectivity index (χ0) is 22.6. The standard InChI is InChI=1S/C23H20Cl2N2O3S/c1-3-14-27(17-8-5-4-6-9-17)31(29,30)18-12-13-21(25)19(15-18)23(28)26-22-11-7-10-20(24)16(22)2/h3-13,15H,1,14H2,2H3,(H,26,28). The largest absolute Gasteiger partial charge is 0.322 e. The summed E-state index contributed by atoms with van der Waals surface area (Å²) in [6, 6.07) is 17.8. The Labute approximate surface area is 192 Å². The molecule has 0 atom stereocenters. The molecule has 0 unspecified atom stereocenters. The monoisotopic (exact) mass is 474 g/mol. The second-order valence-corrected chi connectivity index (χ2v) is 9.35. The maximum absolute atomic E-state index is 13.4. The number of nitrogens with one attached hydrogen (secondary N) is 1. The molecule has 0 saturated heterocycles. The summed E-state index contributed by atoms with van der Waals surface area (Å²) in [5, 5.41) is 3.37. The molecule has 0 bridgehead atoms. The van der Waals surface area contributed by atoms with Crippen LogP contribution in [0.3, 0.4) is 0 Å². The van der Waals surface area contributed by atoms with Crippen molar-refractivity contribution in [1.82, 2.24) is 0 Å². The zero-order valence-electron chi connectivity index (χ0n) is 16.7. The molecule has 0 aromatic heterocycles. The molecule has 0 aliphatic rings. The van der Waals surface area contributed by atoms with E-state index in [0.29, 0.717) is 22.0 Å². The predicted octanol–water partition coefficient (Wildman–Crippen LogP) is 5.94. The van der Waals surface area contributed by atoms with Crippen molar-refractivity contribution in [2.24, 2.45) is 0 Å². The van der Waals surface area contributed by atoms with E-state index < -0.39 is 15.9 Å². The quantitative estimate of drug-likeness (QED) is 0.431. The molecule has 0 spiro atoms. The number of hydrogen-bond acceptors (Lipinski definition) is 3. The third-order valence-corrected chi connectivity index (χ3v) is 7.15. The minimum atomic E-state index is -3.97. The number of benzene rings is 3. The van der Waals surface area contributed by atoms with E-state index in [1.807, 2.05) is 0 Å². The number of para-hydroxylation sites is 1. The van der Waals surface area contributed by atoms with E-state index in [0.717, 1.165) is 0 Å². The molecular formula is C23H20Cl2N2O3S. The van der Waals surface area contributed by atoms with E-state index in [1.54, 1.807) is 55.5 Å². The van der Waals surface area contributed by atoms with Crippen LogP contribution in [0, 0.1) is 6.92 Å². The Balaban J connectivity index is 2.00. The molecule has 0 radical (unpaired) electrons. The number of rotatable bonds is 7. The minimum Gasteiger partial charge on any atom is -0.322 e. The number of carbonyl (C=O) groups excluding carboxylic acids is 1. The molecule has 3 aromatic rings. The van der Waals surface area contributed by atoms with Crippen molar-refractivity contribution in [2.75, 3.05) is 16.2 Å². The fraction of sp³-hybridized carbons (Fsp3) is 0.0870. The maximum Gasteiger partial charge on any atom is 0.264 e. The third-order valence-electron chi connectivity index (χ3n) is 4.63. The lowest BCUT2D eigenvalue weighted by molar-refractivity contribution is 0.102. The van der Waals surface area contributed by atoms with Crippen LogP contribution in [-0.4, -0.2) is 20.9 Å². The summed E-state index contributed by atoms with van der Waals surface area (Å²) in [4.78, 5) is 12.8. The van der Waals surface area contributed by atoms with Crippen LogP contribution in [0.4, 0.5) is 11.4 Å². The molecule has 3 aromatic carbocycles. The van der Waals surface area contributed by atoms with Crippen LogP contribution in [0.5, 0.6) is 0 Å². The molecular weight excluding hydrogens is 455 g/mol. The Morgan fingerprint density at radius 2 is 1.74 bits per heavy atom. The van der Waals surface area contributed by atoms with Crippen molar-refractivity contribution in [3.8, 4) is 0 Å². The van der Waals surface area contributed by atoms with Gasteiger partial charge in [-0.05, 0) is 55.0 Å². The van der Waals surface area contributed by atoms with Crippen molar-refractivity contribution < 1.29 is 13.2 Å². The van der Waals surface area contributed by atoms with Crippen LogP contribution < -0.4 is 9.62 Å². The van der Waals surface area contributed by atoms with Gasteiger partial charge in [0.1, 0.15) is 0 Å². The smallest absolute Gasteiger partial charge is 0.264 e. The van der Waals surface area contributed by atoms with Crippen LogP contribution in [0.15, 0.2) is 84.3 Å². The lowest BCUT2D eigenvalue weighted by atomic mass is 10.1. The molecule has 0 aliphatic heterocycles. The average Bonchev–Trinajstić information content (AvgIpc) is 2.75. The van der Waals surface area contributed by atoms with E-state index in [2.05, 4.69) is 11.9 Å². The molecule has 1 amide bonds. The minimum absolute atomic E-state index is 0.0359. The van der Waals surface area contributed by atoms with Gasteiger partial charge in [0, 0.05) is 10.7 Å². The van der Waals surface area contributed by atoms with Crippen molar-refractivity contribution in [1.29, 1.82) is 0 Å². The molecule has 31 heavy (non-hydrogen) atoms. The maximum atomic E-state index is 13.4. The van der Waals surface area contributed by atoms with Crippen LogP contribution in [0.25, 0.3) is 0 Å². The summed E-state index contributed by atoms with van der Waals surface area (Å²) < 4.78 is 27.9. The Hall–Kier alpha value is -2.80. The van der Waals surface area contributed by atoms with E-state index in [-0.39, 0.29) is 22.0 Å². The van der Waals surface area contributed by atoms with Crippen LogP contribution in [-0.2, 0) is 10.0 Å². The highest BCUT2D eigenvalue weighted by molar-refractivity contribution is 7.92.